The van der Waals surface area contributed by atoms with E-state index in [0.29, 0.717) is 29.6 Å². The van der Waals surface area contributed by atoms with Gasteiger partial charge in [0.05, 0.1) is 25.6 Å². The summed E-state index contributed by atoms with van der Waals surface area (Å²) in [7, 11) is 0. The first-order valence-electron chi connectivity index (χ1n) is 9.57. The van der Waals surface area contributed by atoms with E-state index in [1.165, 1.54) is 12.5 Å². The van der Waals surface area contributed by atoms with Crippen molar-refractivity contribution < 1.29 is 24.5 Å². The molecule has 1 aliphatic heterocycles. The van der Waals surface area contributed by atoms with Crippen molar-refractivity contribution in [3.8, 4) is 5.88 Å². The Morgan fingerprint density at radius 3 is 3.00 bits per heavy atom. The normalized spacial score (nSPS) is 21.2. The Hall–Kier alpha value is -3.15. The third-order valence-electron chi connectivity index (χ3n) is 4.87. The summed E-state index contributed by atoms with van der Waals surface area (Å²) in [5.74, 6) is 0.198. The number of nitrogens with zero attached hydrogens (tertiary/aromatic N) is 5. The fraction of sp³-hybridized carbons (Fsp3) is 0.421. The van der Waals surface area contributed by atoms with Crippen molar-refractivity contribution in [1.82, 2.24) is 24.5 Å². The van der Waals surface area contributed by atoms with E-state index in [1.807, 2.05) is 0 Å². The largest absolute Gasteiger partial charge is 0.476 e. The zero-order chi connectivity index (χ0) is 21.1. The second-order valence-electron chi connectivity index (χ2n) is 6.94. The van der Waals surface area contributed by atoms with Gasteiger partial charge in [-0.05, 0) is 18.6 Å². The van der Waals surface area contributed by atoms with E-state index in [9.17, 15) is 15.0 Å². The van der Waals surface area contributed by atoms with Gasteiger partial charge in [-0.2, -0.15) is 9.97 Å². The van der Waals surface area contributed by atoms with Crippen LogP contribution in [0.3, 0.4) is 0 Å². The van der Waals surface area contributed by atoms with Gasteiger partial charge in [-0.1, -0.05) is 0 Å². The quantitative estimate of drug-likeness (QED) is 0.350. The van der Waals surface area contributed by atoms with Crippen LogP contribution in [0.1, 0.15) is 35.8 Å². The molecule has 1 aliphatic rings. The van der Waals surface area contributed by atoms with E-state index in [0.717, 1.165) is 0 Å². The highest BCUT2D eigenvalue weighted by atomic mass is 16.5. The number of hydrogen-bond donors (Lipinski definition) is 3. The van der Waals surface area contributed by atoms with Gasteiger partial charge in [0, 0.05) is 30.8 Å². The van der Waals surface area contributed by atoms with Crippen LogP contribution in [-0.2, 0) is 4.74 Å². The number of carbonyl (C=O) groups excluding carboxylic acids is 1. The van der Waals surface area contributed by atoms with Gasteiger partial charge in [-0.25, -0.2) is 4.98 Å². The molecule has 30 heavy (non-hydrogen) atoms. The van der Waals surface area contributed by atoms with Crippen molar-refractivity contribution >= 4 is 22.9 Å². The number of imidazole rings is 1. The molecule has 1 saturated heterocycles. The molecule has 0 aliphatic carbocycles. The summed E-state index contributed by atoms with van der Waals surface area (Å²) < 4.78 is 13.0. The van der Waals surface area contributed by atoms with E-state index in [1.54, 1.807) is 22.9 Å². The number of Topliss-reactive ketones (excluding diaryl/α,β-unsaturated/α-hetero) is 1. The molecule has 4 rings (SSSR count). The first kappa shape index (κ1) is 20.1. The topological polar surface area (TPSA) is 158 Å². The van der Waals surface area contributed by atoms with Crippen molar-refractivity contribution in [3.63, 3.8) is 0 Å². The van der Waals surface area contributed by atoms with Gasteiger partial charge in [0.25, 0.3) is 0 Å². The minimum absolute atomic E-state index is 0.00272. The Labute approximate surface area is 171 Å². The molecular formula is C19H22N6O5. The van der Waals surface area contributed by atoms with Crippen LogP contribution in [-0.4, -0.2) is 65.9 Å². The first-order chi connectivity index (χ1) is 14.6. The second kappa shape index (κ2) is 8.69. The van der Waals surface area contributed by atoms with Gasteiger partial charge in [-0.3, -0.25) is 14.3 Å². The van der Waals surface area contributed by atoms with Gasteiger partial charge in [-0.15, -0.1) is 0 Å². The fourth-order valence-corrected chi connectivity index (χ4v) is 3.34. The lowest BCUT2D eigenvalue weighted by molar-refractivity contribution is -0.0432. The Bertz CT molecular complexity index is 1030. The average Bonchev–Trinajstić information content (AvgIpc) is 3.34. The van der Waals surface area contributed by atoms with Crippen molar-refractivity contribution in [2.45, 2.75) is 37.7 Å². The molecule has 3 atom stereocenters. The van der Waals surface area contributed by atoms with Crippen LogP contribution >= 0.6 is 0 Å². The van der Waals surface area contributed by atoms with Gasteiger partial charge in [0.1, 0.15) is 12.3 Å². The number of aliphatic hydroxyl groups is 2. The molecule has 3 aromatic heterocycles. The number of nitrogens with two attached hydrogens (primary N) is 1. The summed E-state index contributed by atoms with van der Waals surface area (Å²) in [4.78, 5) is 28.7. The minimum atomic E-state index is -0.787. The monoisotopic (exact) mass is 414 g/mol. The Kier molecular flexibility index (Phi) is 5.84. The Morgan fingerprint density at radius 1 is 1.40 bits per heavy atom. The highest BCUT2D eigenvalue weighted by molar-refractivity contribution is 5.95. The predicted molar refractivity (Wildman–Crippen MR) is 105 cm³/mol. The maximum Gasteiger partial charge on any atom is 0.247 e. The van der Waals surface area contributed by atoms with Crippen molar-refractivity contribution in [2.75, 3.05) is 18.9 Å². The molecule has 0 bridgehead atoms. The number of aliphatic hydroxyl groups excluding tert-OH is 2. The van der Waals surface area contributed by atoms with Crippen LogP contribution in [0.4, 0.5) is 5.95 Å². The average molecular weight is 414 g/mol. The number of ether oxygens (including phenoxy) is 2. The molecule has 0 saturated carbocycles. The molecule has 11 nitrogen and oxygen atoms in total. The lowest BCUT2D eigenvalue weighted by Crippen LogP contribution is -2.24. The zero-order valence-corrected chi connectivity index (χ0v) is 16.1. The number of pyridine rings is 1. The molecule has 3 aromatic rings. The second-order valence-corrected chi connectivity index (χ2v) is 6.94. The number of hydrogen-bond acceptors (Lipinski definition) is 10. The van der Waals surface area contributed by atoms with Crippen LogP contribution in [0.15, 0.2) is 30.9 Å². The molecule has 0 radical (unpaired) electrons. The van der Waals surface area contributed by atoms with Gasteiger partial charge in [0.15, 0.2) is 16.9 Å². The standard InChI is InChI=1S/C19H22N6O5/c20-19-23-17-16(22-10-25(17)15-7-13(28)14(9-26)30-15)18(24-19)29-6-2-4-12(27)11-3-1-5-21-8-11/h1,3,5,8,10,13-15,26,28H,2,4,6-7,9H2,(H2,20,23,24)/t13-,14+,15+/m0/s1. The summed E-state index contributed by atoms with van der Waals surface area (Å²) in [6, 6.07) is 3.44. The molecule has 1 fully saturated rings. The number of carbonyl (C=O) groups is 1. The molecule has 0 amide bonds. The Balaban J connectivity index is 1.43. The zero-order valence-electron chi connectivity index (χ0n) is 16.1. The van der Waals surface area contributed by atoms with Crippen LogP contribution in [0.25, 0.3) is 11.2 Å². The van der Waals surface area contributed by atoms with E-state index in [2.05, 4.69) is 19.9 Å². The summed E-state index contributed by atoms with van der Waals surface area (Å²) in [5.41, 5.74) is 7.19. The summed E-state index contributed by atoms with van der Waals surface area (Å²) >= 11 is 0. The number of rotatable bonds is 8. The molecule has 0 aromatic carbocycles. The third kappa shape index (κ3) is 4.08. The number of fused-ring (bicyclic) bond motifs is 1. The maximum absolute atomic E-state index is 12.1. The van der Waals surface area contributed by atoms with Gasteiger partial charge in [0.2, 0.25) is 11.8 Å². The molecule has 4 heterocycles. The number of ketones is 1. The highest BCUT2D eigenvalue weighted by Gasteiger charge is 2.35. The lowest BCUT2D eigenvalue weighted by Gasteiger charge is -2.14. The SMILES string of the molecule is Nc1nc(OCCCC(=O)c2cccnc2)c2ncn([C@H]3C[C@H](O)[C@@H](CO)O3)c2n1. The summed E-state index contributed by atoms with van der Waals surface area (Å²) in [5, 5.41) is 19.3. The number of anilines is 1. The van der Waals surface area contributed by atoms with Crippen molar-refractivity contribution in [2.24, 2.45) is 0 Å². The fourth-order valence-electron chi connectivity index (χ4n) is 3.34. The van der Waals surface area contributed by atoms with Crippen LogP contribution in [0.5, 0.6) is 5.88 Å². The summed E-state index contributed by atoms with van der Waals surface area (Å²) in [6.07, 6.45) is 3.74. The van der Waals surface area contributed by atoms with E-state index >= 15 is 0 Å². The molecule has 0 spiro atoms. The van der Waals surface area contributed by atoms with Gasteiger partial charge >= 0.3 is 0 Å². The molecular weight excluding hydrogens is 392 g/mol. The maximum atomic E-state index is 12.1. The molecule has 0 unspecified atom stereocenters. The lowest BCUT2D eigenvalue weighted by atomic mass is 10.1. The van der Waals surface area contributed by atoms with Crippen LogP contribution in [0, 0.1) is 0 Å². The minimum Gasteiger partial charge on any atom is -0.476 e. The van der Waals surface area contributed by atoms with Crippen LogP contribution in [0.2, 0.25) is 0 Å². The van der Waals surface area contributed by atoms with Crippen molar-refractivity contribution in [3.05, 3.63) is 36.4 Å². The van der Waals surface area contributed by atoms with E-state index < -0.39 is 18.4 Å². The van der Waals surface area contributed by atoms with Crippen molar-refractivity contribution in [1.29, 1.82) is 0 Å². The first-order valence-corrected chi connectivity index (χ1v) is 9.57. The number of nitrogen functional groups attached to an aromatic ring is 1. The van der Waals surface area contributed by atoms with Gasteiger partial charge < -0.3 is 25.4 Å². The summed E-state index contributed by atoms with van der Waals surface area (Å²) in [6.45, 7) is -0.0385. The molecule has 4 N–H and O–H groups in total. The predicted octanol–water partition coefficient (Wildman–Crippen LogP) is 0.486. The van der Waals surface area contributed by atoms with E-state index in [4.69, 9.17) is 15.2 Å². The molecule has 11 heteroatoms. The third-order valence-corrected chi connectivity index (χ3v) is 4.87. The Morgan fingerprint density at radius 2 is 2.27 bits per heavy atom. The number of aromatic nitrogens is 5. The van der Waals surface area contributed by atoms with E-state index in [-0.39, 0.29) is 37.2 Å². The smallest absolute Gasteiger partial charge is 0.247 e. The van der Waals surface area contributed by atoms with Crippen LogP contribution < -0.4 is 10.5 Å². The molecule has 158 valence electrons. The highest BCUT2D eigenvalue weighted by Crippen LogP contribution is 2.32.